The second kappa shape index (κ2) is 7.37. The van der Waals surface area contributed by atoms with Crippen molar-refractivity contribution in [2.24, 2.45) is 7.05 Å². The molecule has 0 unspecified atom stereocenters. The summed E-state index contributed by atoms with van der Waals surface area (Å²) in [7, 11) is 1.58. The van der Waals surface area contributed by atoms with Gasteiger partial charge in [0.1, 0.15) is 23.4 Å². The zero-order chi connectivity index (χ0) is 19.6. The van der Waals surface area contributed by atoms with Gasteiger partial charge in [0.2, 0.25) is 0 Å². The maximum Gasteiger partial charge on any atom is 0.433 e. The van der Waals surface area contributed by atoms with Gasteiger partial charge in [0.05, 0.1) is 0 Å². The van der Waals surface area contributed by atoms with Crippen LogP contribution in [-0.2, 0) is 13.2 Å². The van der Waals surface area contributed by atoms with Gasteiger partial charge in [-0.25, -0.2) is 9.97 Å². The lowest BCUT2D eigenvalue weighted by atomic mass is 10.0. The van der Waals surface area contributed by atoms with Crippen LogP contribution < -0.4 is 10.9 Å². The molecule has 1 saturated heterocycles. The highest BCUT2D eigenvalue weighted by atomic mass is 19.4. The highest BCUT2D eigenvalue weighted by Gasteiger charge is 2.33. The van der Waals surface area contributed by atoms with E-state index in [4.69, 9.17) is 0 Å². The summed E-state index contributed by atoms with van der Waals surface area (Å²) in [6.45, 7) is 0.789. The summed E-state index contributed by atoms with van der Waals surface area (Å²) in [5, 5.41) is 2.96. The molecule has 1 amide bonds. The molecule has 144 valence electrons. The number of carbonyl (C=O) groups is 1. The number of piperidine rings is 1. The maximum atomic E-state index is 12.7. The van der Waals surface area contributed by atoms with Gasteiger partial charge in [0, 0.05) is 38.4 Å². The first kappa shape index (κ1) is 18.9. The van der Waals surface area contributed by atoms with E-state index < -0.39 is 11.9 Å². The molecule has 1 N–H and O–H groups in total. The normalized spacial score (nSPS) is 15.6. The minimum Gasteiger partial charge on any atom is -0.367 e. The van der Waals surface area contributed by atoms with Crippen molar-refractivity contribution in [3.63, 3.8) is 0 Å². The molecule has 1 fully saturated rings. The van der Waals surface area contributed by atoms with Crippen molar-refractivity contribution >= 4 is 11.7 Å². The Hall–Kier alpha value is -2.91. The van der Waals surface area contributed by atoms with E-state index in [2.05, 4.69) is 15.3 Å². The van der Waals surface area contributed by atoms with Crippen LogP contribution in [0.25, 0.3) is 0 Å². The molecule has 1 aliphatic rings. The Morgan fingerprint density at radius 3 is 2.63 bits per heavy atom. The van der Waals surface area contributed by atoms with Crippen LogP contribution in [0.15, 0.2) is 35.5 Å². The number of anilines is 1. The van der Waals surface area contributed by atoms with Crippen LogP contribution in [0.3, 0.4) is 0 Å². The van der Waals surface area contributed by atoms with Crippen molar-refractivity contribution in [3.05, 3.63) is 52.3 Å². The first-order valence-corrected chi connectivity index (χ1v) is 8.36. The predicted octanol–water partition coefficient (Wildman–Crippen LogP) is 1.91. The second-order valence-corrected chi connectivity index (χ2v) is 6.33. The standard InChI is InChI=1S/C17H18F3N5O2/c1-24-6-2-3-12(15(24)26)16(27)25-7-4-11(5-8-25)23-14-9-13(17(18,19)20)21-10-22-14/h2-3,6,9-11H,4-5,7-8H2,1H3,(H,21,22,23). The number of carbonyl (C=O) groups excluding carboxylic acids is 1. The molecule has 10 heteroatoms. The summed E-state index contributed by atoms with van der Waals surface area (Å²) in [6.07, 6.45) is -1.02. The Labute approximate surface area is 152 Å². The van der Waals surface area contributed by atoms with Crippen molar-refractivity contribution in [3.8, 4) is 0 Å². The Morgan fingerprint density at radius 2 is 1.96 bits per heavy atom. The van der Waals surface area contributed by atoms with E-state index >= 15 is 0 Å². The van der Waals surface area contributed by atoms with E-state index in [1.54, 1.807) is 24.2 Å². The van der Waals surface area contributed by atoms with Crippen molar-refractivity contribution in [2.45, 2.75) is 25.1 Å². The van der Waals surface area contributed by atoms with Gasteiger partial charge >= 0.3 is 6.18 Å². The van der Waals surface area contributed by atoms with E-state index in [0.717, 1.165) is 12.4 Å². The van der Waals surface area contributed by atoms with Crippen LogP contribution in [0.1, 0.15) is 28.9 Å². The summed E-state index contributed by atoms with van der Waals surface area (Å²) in [5.74, 6) is -0.241. The molecular weight excluding hydrogens is 363 g/mol. The maximum absolute atomic E-state index is 12.7. The van der Waals surface area contributed by atoms with Gasteiger partial charge in [-0.2, -0.15) is 13.2 Å². The number of hydrogen-bond donors (Lipinski definition) is 1. The molecule has 0 radical (unpaired) electrons. The Balaban J connectivity index is 1.62. The Kier molecular flexibility index (Phi) is 5.15. The van der Waals surface area contributed by atoms with Gasteiger partial charge in [-0.15, -0.1) is 0 Å². The fourth-order valence-electron chi connectivity index (χ4n) is 2.96. The second-order valence-electron chi connectivity index (χ2n) is 6.33. The van der Waals surface area contributed by atoms with Crippen LogP contribution in [0.4, 0.5) is 19.0 Å². The topological polar surface area (TPSA) is 80.1 Å². The lowest BCUT2D eigenvalue weighted by molar-refractivity contribution is -0.141. The molecule has 7 nitrogen and oxygen atoms in total. The van der Waals surface area contributed by atoms with Crippen LogP contribution >= 0.6 is 0 Å². The van der Waals surface area contributed by atoms with Crippen molar-refractivity contribution in [1.82, 2.24) is 19.4 Å². The van der Waals surface area contributed by atoms with E-state index in [0.29, 0.717) is 25.9 Å². The molecule has 1 aliphatic heterocycles. The average Bonchev–Trinajstić information content (AvgIpc) is 2.64. The number of aromatic nitrogens is 3. The number of nitrogens with zero attached hydrogens (tertiary/aromatic N) is 4. The molecule has 27 heavy (non-hydrogen) atoms. The van der Waals surface area contributed by atoms with Crippen LogP contribution in [0.5, 0.6) is 0 Å². The molecule has 0 aliphatic carbocycles. The minimum absolute atomic E-state index is 0.0963. The number of halogens is 3. The van der Waals surface area contributed by atoms with E-state index in [1.165, 1.54) is 10.6 Å². The molecule has 2 aromatic heterocycles. The number of hydrogen-bond acceptors (Lipinski definition) is 5. The van der Waals surface area contributed by atoms with Crippen LogP contribution in [0.2, 0.25) is 0 Å². The third kappa shape index (κ3) is 4.26. The smallest absolute Gasteiger partial charge is 0.367 e. The summed E-state index contributed by atoms with van der Waals surface area (Å²) < 4.78 is 39.5. The van der Waals surface area contributed by atoms with Crippen molar-refractivity contribution in [2.75, 3.05) is 18.4 Å². The average molecular weight is 381 g/mol. The molecule has 3 rings (SSSR count). The molecule has 0 aromatic carbocycles. The fourth-order valence-corrected chi connectivity index (χ4v) is 2.96. The fraction of sp³-hybridized carbons (Fsp3) is 0.412. The summed E-state index contributed by atoms with van der Waals surface area (Å²) in [6, 6.07) is 3.87. The number of pyridine rings is 1. The van der Waals surface area contributed by atoms with Gasteiger partial charge in [0.15, 0.2) is 0 Å². The molecule has 2 aromatic rings. The van der Waals surface area contributed by atoms with Gasteiger partial charge < -0.3 is 14.8 Å². The molecule has 0 atom stereocenters. The predicted molar refractivity (Wildman–Crippen MR) is 91.3 cm³/mol. The summed E-state index contributed by atoms with van der Waals surface area (Å²) in [4.78, 5) is 33.2. The number of rotatable bonds is 3. The van der Waals surface area contributed by atoms with Gasteiger partial charge in [-0.3, -0.25) is 9.59 Å². The van der Waals surface area contributed by atoms with Crippen LogP contribution in [-0.4, -0.2) is 44.5 Å². The van der Waals surface area contributed by atoms with Crippen molar-refractivity contribution in [1.29, 1.82) is 0 Å². The number of aryl methyl sites for hydroxylation is 1. The molecule has 0 bridgehead atoms. The van der Waals surface area contributed by atoms with Crippen molar-refractivity contribution < 1.29 is 18.0 Å². The van der Waals surface area contributed by atoms with Gasteiger partial charge in [0.25, 0.3) is 11.5 Å². The first-order chi connectivity index (χ1) is 12.8. The number of alkyl halides is 3. The molecule has 0 spiro atoms. The van der Waals surface area contributed by atoms with Gasteiger partial charge in [-0.05, 0) is 25.0 Å². The molecule has 3 heterocycles. The number of amides is 1. The minimum atomic E-state index is -4.53. The zero-order valence-corrected chi connectivity index (χ0v) is 14.5. The third-order valence-corrected chi connectivity index (χ3v) is 4.45. The molecular formula is C17H18F3N5O2. The largest absolute Gasteiger partial charge is 0.433 e. The summed E-state index contributed by atoms with van der Waals surface area (Å²) >= 11 is 0. The Bertz CT molecular complexity index is 889. The highest BCUT2D eigenvalue weighted by molar-refractivity contribution is 5.93. The quantitative estimate of drug-likeness (QED) is 0.879. The molecule has 0 saturated carbocycles. The Morgan fingerprint density at radius 1 is 1.26 bits per heavy atom. The zero-order valence-electron chi connectivity index (χ0n) is 14.5. The first-order valence-electron chi connectivity index (χ1n) is 8.36. The van der Waals surface area contributed by atoms with E-state index in [-0.39, 0.29) is 28.9 Å². The SMILES string of the molecule is Cn1cccc(C(=O)N2CCC(Nc3cc(C(F)(F)F)ncn3)CC2)c1=O. The lowest BCUT2D eigenvalue weighted by Crippen LogP contribution is -2.44. The van der Waals surface area contributed by atoms with Crippen LogP contribution in [0, 0.1) is 0 Å². The monoisotopic (exact) mass is 381 g/mol. The summed E-state index contributed by atoms with van der Waals surface area (Å²) in [5.41, 5.74) is -1.26. The number of nitrogens with one attached hydrogen (secondary N) is 1. The lowest BCUT2D eigenvalue weighted by Gasteiger charge is -2.32. The van der Waals surface area contributed by atoms with Gasteiger partial charge in [-0.1, -0.05) is 0 Å². The highest BCUT2D eigenvalue weighted by Crippen LogP contribution is 2.28. The third-order valence-electron chi connectivity index (χ3n) is 4.45. The number of likely N-dealkylation sites (tertiary alicyclic amines) is 1. The van der Waals surface area contributed by atoms with E-state index in [1.807, 2.05) is 0 Å². The van der Waals surface area contributed by atoms with E-state index in [9.17, 15) is 22.8 Å².